The van der Waals surface area contributed by atoms with Crippen LogP contribution in [-0.4, -0.2) is 34.6 Å². The maximum Gasteiger partial charge on any atom is 0.350 e. The summed E-state index contributed by atoms with van der Waals surface area (Å²) < 4.78 is 10.3. The molecule has 2 aromatic heterocycles. The minimum atomic E-state index is -0.396. The van der Waals surface area contributed by atoms with Crippen LogP contribution in [0.15, 0.2) is 36.5 Å². The van der Waals surface area contributed by atoms with Gasteiger partial charge in [-0.1, -0.05) is 35.1 Å². The van der Waals surface area contributed by atoms with E-state index in [2.05, 4.69) is 15.0 Å². The van der Waals surface area contributed by atoms with Crippen molar-refractivity contribution in [1.82, 2.24) is 15.0 Å². The molecule has 3 aromatic rings. The standard InChI is InChI=1S/C19H19ClN4O3S/c1-4-27-18(25)15-10-21-19(28-15)24(17-9-16(20)22-12(2)23-17)11-13-5-7-14(26-3)8-6-13/h5-10H,4,11H2,1-3H3. The van der Waals surface area contributed by atoms with E-state index in [1.807, 2.05) is 29.2 Å². The van der Waals surface area contributed by atoms with Crippen LogP contribution in [0.2, 0.25) is 5.15 Å². The van der Waals surface area contributed by atoms with Gasteiger partial charge in [0.1, 0.15) is 27.4 Å². The molecular formula is C19H19ClN4O3S. The van der Waals surface area contributed by atoms with Crippen LogP contribution in [0.4, 0.5) is 10.9 Å². The number of esters is 1. The molecule has 0 N–H and O–H groups in total. The number of benzene rings is 1. The zero-order valence-corrected chi connectivity index (χ0v) is 17.3. The van der Waals surface area contributed by atoms with Crippen molar-refractivity contribution in [3.05, 3.63) is 57.9 Å². The molecule has 0 bridgehead atoms. The van der Waals surface area contributed by atoms with Gasteiger partial charge in [-0.3, -0.25) is 4.90 Å². The SMILES string of the molecule is CCOC(=O)c1cnc(N(Cc2ccc(OC)cc2)c2cc(Cl)nc(C)n2)s1. The molecule has 7 nitrogen and oxygen atoms in total. The lowest BCUT2D eigenvalue weighted by atomic mass is 10.2. The summed E-state index contributed by atoms with van der Waals surface area (Å²) in [5.41, 5.74) is 1.01. The van der Waals surface area contributed by atoms with Crippen LogP contribution < -0.4 is 9.64 Å². The number of rotatable bonds is 7. The highest BCUT2D eigenvalue weighted by atomic mass is 35.5. The molecule has 1 aromatic carbocycles. The summed E-state index contributed by atoms with van der Waals surface area (Å²) in [4.78, 5) is 27.3. The third-order valence-corrected chi connectivity index (χ3v) is 4.96. The van der Waals surface area contributed by atoms with Crippen LogP contribution in [0.5, 0.6) is 5.75 Å². The first-order valence-electron chi connectivity index (χ1n) is 8.54. The quantitative estimate of drug-likeness (QED) is 0.415. The van der Waals surface area contributed by atoms with E-state index in [9.17, 15) is 4.79 Å². The van der Waals surface area contributed by atoms with Gasteiger partial charge < -0.3 is 9.47 Å². The normalized spacial score (nSPS) is 10.6. The number of carbonyl (C=O) groups excluding carboxylic acids is 1. The molecule has 28 heavy (non-hydrogen) atoms. The number of ether oxygens (including phenoxy) is 2. The summed E-state index contributed by atoms with van der Waals surface area (Å²) in [6, 6.07) is 9.36. The maximum absolute atomic E-state index is 12.0. The molecule has 0 atom stereocenters. The molecule has 2 heterocycles. The van der Waals surface area contributed by atoms with E-state index in [-0.39, 0.29) is 0 Å². The van der Waals surface area contributed by atoms with Gasteiger partial charge in [0.25, 0.3) is 0 Å². The molecule has 0 spiro atoms. The number of halogens is 1. The molecule has 0 aliphatic carbocycles. The van der Waals surface area contributed by atoms with Gasteiger partial charge in [0, 0.05) is 6.07 Å². The fourth-order valence-electron chi connectivity index (χ4n) is 2.50. The summed E-state index contributed by atoms with van der Waals surface area (Å²) >= 11 is 7.37. The predicted octanol–water partition coefficient (Wildman–Crippen LogP) is 4.42. The fraction of sp³-hybridized carbons (Fsp3) is 0.263. The Bertz CT molecular complexity index is 942. The molecule has 0 aliphatic rings. The van der Waals surface area contributed by atoms with Crippen LogP contribution >= 0.6 is 22.9 Å². The predicted molar refractivity (Wildman–Crippen MR) is 109 cm³/mol. The van der Waals surface area contributed by atoms with Crippen LogP contribution in [-0.2, 0) is 11.3 Å². The highest BCUT2D eigenvalue weighted by Gasteiger charge is 2.20. The zero-order chi connectivity index (χ0) is 20.1. The molecule has 3 rings (SSSR count). The monoisotopic (exact) mass is 418 g/mol. The van der Waals surface area contributed by atoms with E-state index in [1.165, 1.54) is 17.5 Å². The van der Waals surface area contributed by atoms with E-state index < -0.39 is 5.97 Å². The summed E-state index contributed by atoms with van der Waals surface area (Å²) in [6.07, 6.45) is 1.51. The van der Waals surface area contributed by atoms with Crippen molar-refractivity contribution in [1.29, 1.82) is 0 Å². The highest BCUT2D eigenvalue weighted by molar-refractivity contribution is 7.17. The van der Waals surface area contributed by atoms with Gasteiger partial charge >= 0.3 is 5.97 Å². The Hall–Kier alpha value is -2.71. The smallest absolute Gasteiger partial charge is 0.350 e. The molecule has 9 heteroatoms. The molecular weight excluding hydrogens is 400 g/mol. The van der Waals surface area contributed by atoms with Crippen molar-refractivity contribution < 1.29 is 14.3 Å². The van der Waals surface area contributed by atoms with Crippen molar-refractivity contribution in [2.45, 2.75) is 20.4 Å². The molecule has 146 valence electrons. The molecule has 0 saturated heterocycles. The second kappa shape index (κ2) is 8.99. The number of aryl methyl sites for hydroxylation is 1. The minimum absolute atomic E-state index is 0.308. The van der Waals surface area contributed by atoms with E-state index in [1.54, 1.807) is 27.0 Å². The zero-order valence-electron chi connectivity index (χ0n) is 15.7. The Morgan fingerprint density at radius 2 is 2.00 bits per heavy atom. The Labute approximate surface area is 171 Å². The minimum Gasteiger partial charge on any atom is -0.497 e. The molecule has 0 saturated carbocycles. The third-order valence-electron chi connectivity index (χ3n) is 3.77. The number of aromatic nitrogens is 3. The average molecular weight is 419 g/mol. The number of carbonyl (C=O) groups is 1. The summed E-state index contributed by atoms with van der Waals surface area (Å²) in [7, 11) is 1.62. The van der Waals surface area contributed by atoms with Gasteiger partial charge in [-0.15, -0.1) is 0 Å². The topological polar surface area (TPSA) is 77.4 Å². The van der Waals surface area contributed by atoms with Gasteiger partial charge in [0.05, 0.1) is 26.5 Å². The van der Waals surface area contributed by atoms with Crippen LogP contribution in [0.25, 0.3) is 0 Å². The molecule has 0 amide bonds. The van der Waals surface area contributed by atoms with E-state index in [0.29, 0.717) is 40.0 Å². The van der Waals surface area contributed by atoms with Gasteiger partial charge in [-0.25, -0.2) is 19.7 Å². The summed E-state index contributed by atoms with van der Waals surface area (Å²) in [5.74, 6) is 1.52. The van der Waals surface area contributed by atoms with Gasteiger partial charge in [0.15, 0.2) is 5.13 Å². The van der Waals surface area contributed by atoms with Crippen molar-refractivity contribution >= 4 is 39.9 Å². The van der Waals surface area contributed by atoms with Gasteiger partial charge in [-0.2, -0.15) is 0 Å². The van der Waals surface area contributed by atoms with E-state index >= 15 is 0 Å². The lowest BCUT2D eigenvalue weighted by Crippen LogP contribution is -2.18. The van der Waals surface area contributed by atoms with E-state index in [0.717, 1.165) is 11.3 Å². The molecule has 0 radical (unpaired) electrons. The van der Waals surface area contributed by atoms with Crippen molar-refractivity contribution in [2.24, 2.45) is 0 Å². The molecule has 0 aliphatic heterocycles. The second-order valence-corrected chi connectivity index (χ2v) is 7.15. The molecule has 0 unspecified atom stereocenters. The third kappa shape index (κ3) is 4.76. The fourth-order valence-corrected chi connectivity index (χ4v) is 3.54. The number of methoxy groups -OCH3 is 1. The lowest BCUT2D eigenvalue weighted by molar-refractivity contribution is 0.0532. The number of thiazole rings is 1. The van der Waals surface area contributed by atoms with Gasteiger partial charge in [0.2, 0.25) is 0 Å². The van der Waals surface area contributed by atoms with Gasteiger partial charge in [-0.05, 0) is 31.5 Å². The summed E-state index contributed by atoms with van der Waals surface area (Å²) in [5, 5.41) is 0.942. The first-order valence-corrected chi connectivity index (χ1v) is 9.74. The number of hydrogen-bond donors (Lipinski definition) is 0. The summed E-state index contributed by atoms with van der Waals surface area (Å²) in [6.45, 7) is 4.32. The first kappa shape index (κ1) is 20.0. The first-order chi connectivity index (χ1) is 13.5. The Kier molecular flexibility index (Phi) is 6.43. The average Bonchev–Trinajstić information content (AvgIpc) is 3.16. The number of nitrogens with zero attached hydrogens (tertiary/aromatic N) is 4. The Morgan fingerprint density at radius 1 is 1.25 bits per heavy atom. The van der Waals surface area contributed by atoms with Crippen molar-refractivity contribution in [3.8, 4) is 5.75 Å². The Balaban J connectivity index is 1.97. The van der Waals surface area contributed by atoms with Crippen molar-refractivity contribution in [2.75, 3.05) is 18.6 Å². The number of anilines is 2. The van der Waals surface area contributed by atoms with Crippen LogP contribution in [0, 0.1) is 6.92 Å². The highest BCUT2D eigenvalue weighted by Crippen LogP contribution is 2.32. The lowest BCUT2D eigenvalue weighted by Gasteiger charge is -2.21. The maximum atomic E-state index is 12.0. The second-order valence-electron chi connectivity index (χ2n) is 5.76. The van der Waals surface area contributed by atoms with Crippen molar-refractivity contribution in [3.63, 3.8) is 0 Å². The van der Waals surface area contributed by atoms with Crippen LogP contribution in [0.1, 0.15) is 28.0 Å². The Morgan fingerprint density at radius 3 is 2.64 bits per heavy atom. The van der Waals surface area contributed by atoms with E-state index in [4.69, 9.17) is 21.1 Å². The number of hydrogen-bond acceptors (Lipinski definition) is 8. The van der Waals surface area contributed by atoms with Crippen LogP contribution in [0.3, 0.4) is 0 Å². The molecule has 0 fully saturated rings. The largest absolute Gasteiger partial charge is 0.497 e.